The molecular formula is C10H17N3O2S2. The number of nitrogens with two attached hydrogens (primary N) is 1. The van der Waals surface area contributed by atoms with Crippen molar-refractivity contribution in [2.75, 3.05) is 24.0 Å². The van der Waals surface area contributed by atoms with Crippen LogP contribution in [0.3, 0.4) is 0 Å². The molecule has 0 saturated carbocycles. The standard InChI is InChI=1S/C10H17N3O2S2/c1-16-8-2-7-12-17(14,15)10-5-3-9(13-11)4-6-10/h3-6,12-13H,2,7-8,11H2,1H3. The van der Waals surface area contributed by atoms with Crippen LogP contribution in [0.1, 0.15) is 6.42 Å². The molecule has 0 unspecified atom stereocenters. The number of hydrogen-bond acceptors (Lipinski definition) is 5. The van der Waals surface area contributed by atoms with E-state index in [4.69, 9.17) is 5.84 Å². The van der Waals surface area contributed by atoms with Crippen molar-refractivity contribution in [3.05, 3.63) is 24.3 Å². The van der Waals surface area contributed by atoms with Crippen molar-refractivity contribution < 1.29 is 8.42 Å². The lowest BCUT2D eigenvalue weighted by Crippen LogP contribution is -2.25. The van der Waals surface area contributed by atoms with E-state index in [-0.39, 0.29) is 4.90 Å². The van der Waals surface area contributed by atoms with E-state index in [0.29, 0.717) is 12.2 Å². The first kappa shape index (κ1) is 14.3. The Kier molecular flexibility index (Phi) is 5.76. The number of rotatable bonds is 7. The van der Waals surface area contributed by atoms with Crippen LogP contribution in [-0.2, 0) is 10.0 Å². The predicted molar refractivity (Wildman–Crippen MR) is 72.4 cm³/mol. The molecule has 0 aromatic heterocycles. The van der Waals surface area contributed by atoms with Gasteiger partial charge in [-0.15, -0.1) is 0 Å². The van der Waals surface area contributed by atoms with Crippen LogP contribution < -0.4 is 16.0 Å². The second kappa shape index (κ2) is 6.85. The van der Waals surface area contributed by atoms with Gasteiger partial charge >= 0.3 is 0 Å². The molecule has 0 aliphatic carbocycles. The summed E-state index contributed by atoms with van der Waals surface area (Å²) in [5.41, 5.74) is 3.12. The number of hydrazine groups is 1. The minimum Gasteiger partial charge on any atom is -0.324 e. The lowest BCUT2D eigenvalue weighted by molar-refractivity contribution is 0.581. The van der Waals surface area contributed by atoms with E-state index in [1.54, 1.807) is 23.9 Å². The summed E-state index contributed by atoms with van der Waals surface area (Å²) in [5.74, 6) is 6.15. The molecule has 17 heavy (non-hydrogen) atoms. The van der Waals surface area contributed by atoms with Gasteiger partial charge in [0.15, 0.2) is 0 Å². The number of nitrogens with one attached hydrogen (secondary N) is 2. The Morgan fingerprint density at radius 1 is 1.29 bits per heavy atom. The van der Waals surface area contributed by atoms with Gasteiger partial charge < -0.3 is 5.43 Å². The van der Waals surface area contributed by atoms with Crippen LogP contribution in [0.25, 0.3) is 0 Å². The molecule has 0 amide bonds. The third kappa shape index (κ3) is 4.55. The predicted octanol–water partition coefficient (Wildman–Crippen LogP) is 1.00. The zero-order valence-corrected chi connectivity index (χ0v) is 11.3. The van der Waals surface area contributed by atoms with Crippen LogP contribution in [0.2, 0.25) is 0 Å². The molecule has 4 N–H and O–H groups in total. The number of thioether (sulfide) groups is 1. The van der Waals surface area contributed by atoms with Gasteiger partial charge in [-0.3, -0.25) is 5.84 Å². The SMILES string of the molecule is CSCCCNS(=O)(=O)c1ccc(NN)cc1. The zero-order chi connectivity index (χ0) is 12.7. The van der Waals surface area contributed by atoms with E-state index in [1.165, 1.54) is 12.1 Å². The first-order chi connectivity index (χ1) is 8.10. The van der Waals surface area contributed by atoms with Gasteiger partial charge in [-0.25, -0.2) is 13.1 Å². The fourth-order valence-electron chi connectivity index (χ4n) is 1.24. The second-order valence-corrected chi connectivity index (χ2v) is 6.17. The Morgan fingerprint density at radius 2 is 1.94 bits per heavy atom. The summed E-state index contributed by atoms with van der Waals surface area (Å²) in [5, 5.41) is 0. The van der Waals surface area contributed by atoms with Crippen LogP contribution in [0.4, 0.5) is 5.69 Å². The fourth-order valence-corrected chi connectivity index (χ4v) is 2.74. The van der Waals surface area contributed by atoms with Gasteiger partial charge in [0, 0.05) is 12.2 Å². The largest absolute Gasteiger partial charge is 0.324 e. The van der Waals surface area contributed by atoms with Gasteiger partial charge in [0.2, 0.25) is 10.0 Å². The molecule has 0 saturated heterocycles. The summed E-state index contributed by atoms with van der Waals surface area (Å²) >= 11 is 1.70. The fraction of sp³-hybridized carbons (Fsp3) is 0.400. The Hall–Kier alpha value is -0.760. The van der Waals surface area contributed by atoms with Crippen molar-refractivity contribution in [2.45, 2.75) is 11.3 Å². The third-order valence-electron chi connectivity index (χ3n) is 2.15. The third-order valence-corrected chi connectivity index (χ3v) is 4.32. The topological polar surface area (TPSA) is 84.2 Å². The van der Waals surface area contributed by atoms with Crippen molar-refractivity contribution in [1.29, 1.82) is 0 Å². The molecule has 1 aromatic rings. The number of nitrogen functional groups attached to an aromatic ring is 1. The van der Waals surface area contributed by atoms with Crippen molar-refractivity contribution in [2.24, 2.45) is 5.84 Å². The van der Waals surface area contributed by atoms with E-state index >= 15 is 0 Å². The molecule has 0 aliphatic rings. The molecule has 7 heteroatoms. The van der Waals surface area contributed by atoms with Crippen LogP contribution >= 0.6 is 11.8 Å². The van der Waals surface area contributed by atoms with Crippen molar-refractivity contribution in [3.8, 4) is 0 Å². The Labute approximate surface area is 106 Å². The molecular weight excluding hydrogens is 258 g/mol. The molecule has 5 nitrogen and oxygen atoms in total. The average molecular weight is 275 g/mol. The molecule has 0 heterocycles. The minimum absolute atomic E-state index is 0.251. The van der Waals surface area contributed by atoms with Crippen molar-refractivity contribution >= 4 is 27.5 Å². The summed E-state index contributed by atoms with van der Waals surface area (Å²) in [7, 11) is -3.39. The summed E-state index contributed by atoms with van der Waals surface area (Å²) in [6.45, 7) is 0.458. The lowest BCUT2D eigenvalue weighted by Gasteiger charge is -2.07. The highest BCUT2D eigenvalue weighted by Crippen LogP contribution is 2.12. The van der Waals surface area contributed by atoms with Gasteiger partial charge in [0.25, 0.3) is 0 Å². The Bertz CT molecular complexity index is 431. The van der Waals surface area contributed by atoms with Crippen LogP contribution in [0.5, 0.6) is 0 Å². The normalized spacial score (nSPS) is 11.4. The molecule has 1 rings (SSSR count). The monoisotopic (exact) mass is 275 g/mol. The van der Waals surface area contributed by atoms with Crippen LogP contribution in [0.15, 0.2) is 29.2 Å². The molecule has 0 aliphatic heterocycles. The second-order valence-electron chi connectivity index (χ2n) is 3.41. The summed E-state index contributed by atoms with van der Waals surface area (Å²) < 4.78 is 26.2. The molecule has 0 radical (unpaired) electrons. The van der Waals surface area contributed by atoms with Crippen LogP contribution in [-0.4, -0.2) is 27.0 Å². The molecule has 0 atom stereocenters. The Morgan fingerprint density at radius 3 is 2.47 bits per heavy atom. The first-order valence-corrected chi connectivity index (χ1v) is 8.03. The molecule has 96 valence electrons. The highest BCUT2D eigenvalue weighted by molar-refractivity contribution is 7.98. The maximum atomic E-state index is 11.8. The van der Waals surface area contributed by atoms with Gasteiger partial charge in [0.05, 0.1) is 4.90 Å². The summed E-state index contributed by atoms with van der Waals surface area (Å²) in [6, 6.07) is 6.28. The molecule has 0 spiro atoms. The van der Waals surface area contributed by atoms with Crippen molar-refractivity contribution in [1.82, 2.24) is 4.72 Å². The van der Waals surface area contributed by atoms with Gasteiger partial charge in [-0.1, -0.05) is 0 Å². The number of anilines is 1. The van der Waals surface area contributed by atoms with E-state index in [0.717, 1.165) is 12.2 Å². The Balaban J connectivity index is 2.62. The van der Waals surface area contributed by atoms with Gasteiger partial charge in [-0.2, -0.15) is 11.8 Å². The van der Waals surface area contributed by atoms with E-state index in [2.05, 4.69) is 10.1 Å². The van der Waals surface area contributed by atoms with E-state index < -0.39 is 10.0 Å². The van der Waals surface area contributed by atoms with Gasteiger partial charge in [-0.05, 0) is 42.7 Å². The van der Waals surface area contributed by atoms with Crippen LogP contribution in [0, 0.1) is 0 Å². The zero-order valence-electron chi connectivity index (χ0n) is 9.64. The van der Waals surface area contributed by atoms with E-state index in [9.17, 15) is 8.42 Å². The van der Waals surface area contributed by atoms with E-state index in [1.807, 2.05) is 6.26 Å². The molecule has 0 fully saturated rings. The maximum absolute atomic E-state index is 11.8. The quantitative estimate of drug-likeness (QED) is 0.393. The average Bonchev–Trinajstić information content (AvgIpc) is 2.35. The number of benzene rings is 1. The first-order valence-electron chi connectivity index (χ1n) is 5.15. The summed E-state index contributed by atoms with van der Waals surface area (Å²) in [4.78, 5) is 0.251. The smallest absolute Gasteiger partial charge is 0.240 e. The lowest BCUT2D eigenvalue weighted by atomic mass is 10.3. The van der Waals surface area contributed by atoms with Gasteiger partial charge in [0.1, 0.15) is 0 Å². The minimum atomic E-state index is -3.39. The number of sulfonamides is 1. The highest BCUT2D eigenvalue weighted by Gasteiger charge is 2.12. The maximum Gasteiger partial charge on any atom is 0.240 e. The highest BCUT2D eigenvalue weighted by atomic mass is 32.2. The molecule has 1 aromatic carbocycles. The molecule has 0 bridgehead atoms. The number of hydrogen-bond donors (Lipinski definition) is 3. The van der Waals surface area contributed by atoms with Crippen molar-refractivity contribution in [3.63, 3.8) is 0 Å². The summed E-state index contributed by atoms with van der Waals surface area (Å²) in [6.07, 6.45) is 2.82.